The lowest BCUT2D eigenvalue weighted by Crippen LogP contribution is -2.48. The zero-order valence-electron chi connectivity index (χ0n) is 15.7. The molecular weight excluding hydrogens is 476 g/mol. The van der Waals surface area contributed by atoms with E-state index in [-0.39, 0.29) is 16.9 Å². The molecule has 0 aliphatic carbocycles. The van der Waals surface area contributed by atoms with E-state index < -0.39 is 0 Å². The van der Waals surface area contributed by atoms with Gasteiger partial charge in [-0.15, -0.1) is 0 Å². The number of nitrogens with zero attached hydrogens (tertiary/aromatic N) is 2. The molecule has 6 nitrogen and oxygen atoms in total. The number of benzene rings is 2. The van der Waals surface area contributed by atoms with Gasteiger partial charge in [-0.2, -0.15) is 0 Å². The van der Waals surface area contributed by atoms with Crippen molar-refractivity contribution in [3.05, 3.63) is 57.5 Å². The maximum absolute atomic E-state index is 12.2. The first kappa shape index (κ1) is 21.5. The second-order valence-corrected chi connectivity index (χ2v) is 8.31. The molecule has 2 aromatic carbocycles. The van der Waals surface area contributed by atoms with Crippen LogP contribution in [0.2, 0.25) is 5.02 Å². The minimum absolute atomic E-state index is 0.0917. The Bertz CT molecular complexity index is 931. The predicted octanol–water partition coefficient (Wildman–Crippen LogP) is 3.90. The molecule has 1 fully saturated rings. The monoisotopic (exact) mass is 494 g/mol. The lowest BCUT2D eigenvalue weighted by molar-refractivity contribution is -0.129. The van der Waals surface area contributed by atoms with Gasteiger partial charge in [0, 0.05) is 48.8 Å². The minimum Gasteiger partial charge on any atom is -0.367 e. The predicted molar refractivity (Wildman–Crippen MR) is 124 cm³/mol. The highest BCUT2D eigenvalue weighted by molar-refractivity contribution is 9.10. The maximum atomic E-state index is 12.2. The van der Waals surface area contributed by atoms with Crippen molar-refractivity contribution in [3.8, 4) is 0 Å². The molecule has 0 radical (unpaired) electrons. The van der Waals surface area contributed by atoms with Gasteiger partial charge in [-0.3, -0.25) is 14.9 Å². The average Bonchev–Trinajstić information content (AvgIpc) is 2.68. The fraction of sp³-hybridized carbons (Fsp3) is 0.250. The molecule has 3 rings (SSSR count). The van der Waals surface area contributed by atoms with E-state index >= 15 is 0 Å². The molecule has 2 N–H and O–H groups in total. The molecule has 0 unspecified atom stereocenters. The van der Waals surface area contributed by atoms with Crippen molar-refractivity contribution in [2.24, 2.45) is 0 Å². The molecule has 0 bridgehead atoms. The van der Waals surface area contributed by atoms with Crippen molar-refractivity contribution in [2.45, 2.75) is 6.92 Å². The van der Waals surface area contributed by atoms with Crippen LogP contribution in [0.4, 0.5) is 11.4 Å². The SMILES string of the molecule is CC(=O)N1CCN(c2ccc(NC(=S)NC(=O)c3ccc(Br)cc3)cc2Cl)CC1. The van der Waals surface area contributed by atoms with Crippen LogP contribution >= 0.6 is 39.7 Å². The molecule has 29 heavy (non-hydrogen) atoms. The van der Waals surface area contributed by atoms with Crippen LogP contribution in [0, 0.1) is 0 Å². The van der Waals surface area contributed by atoms with Gasteiger partial charge in [-0.05, 0) is 54.7 Å². The molecule has 1 saturated heterocycles. The van der Waals surface area contributed by atoms with Gasteiger partial charge in [0.1, 0.15) is 0 Å². The highest BCUT2D eigenvalue weighted by atomic mass is 79.9. The minimum atomic E-state index is -0.291. The lowest BCUT2D eigenvalue weighted by atomic mass is 10.2. The molecule has 0 saturated carbocycles. The summed E-state index contributed by atoms with van der Waals surface area (Å²) >= 11 is 15.0. The van der Waals surface area contributed by atoms with E-state index in [1.165, 1.54) is 0 Å². The van der Waals surface area contributed by atoms with Crippen molar-refractivity contribution in [2.75, 3.05) is 36.4 Å². The summed E-state index contributed by atoms with van der Waals surface area (Å²) in [5.74, 6) is -0.199. The number of amides is 2. The number of halogens is 2. The van der Waals surface area contributed by atoms with E-state index in [1.54, 1.807) is 37.3 Å². The first-order valence-corrected chi connectivity index (χ1v) is 10.6. The Kier molecular flexibility index (Phi) is 7.10. The Morgan fingerprint density at radius 1 is 1.07 bits per heavy atom. The molecular formula is C20H20BrClN4O2S. The highest BCUT2D eigenvalue weighted by Gasteiger charge is 2.20. The quantitative estimate of drug-likeness (QED) is 0.633. The number of carbonyl (C=O) groups is 2. The number of hydrogen-bond donors (Lipinski definition) is 2. The normalized spacial score (nSPS) is 13.8. The number of anilines is 2. The Morgan fingerprint density at radius 3 is 2.31 bits per heavy atom. The first-order valence-electron chi connectivity index (χ1n) is 9.01. The molecule has 152 valence electrons. The number of thiocarbonyl (C=S) groups is 1. The van der Waals surface area contributed by atoms with E-state index in [0.29, 0.717) is 29.4 Å². The van der Waals surface area contributed by atoms with Crippen molar-refractivity contribution in [3.63, 3.8) is 0 Å². The summed E-state index contributed by atoms with van der Waals surface area (Å²) in [5, 5.41) is 6.40. The van der Waals surface area contributed by atoms with E-state index in [4.69, 9.17) is 23.8 Å². The summed E-state index contributed by atoms with van der Waals surface area (Å²) in [6.07, 6.45) is 0. The zero-order chi connectivity index (χ0) is 21.0. The second-order valence-electron chi connectivity index (χ2n) is 6.57. The second kappa shape index (κ2) is 9.56. The lowest BCUT2D eigenvalue weighted by Gasteiger charge is -2.36. The molecule has 2 aromatic rings. The van der Waals surface area contributed by atoms with Crippen LogP contribution in [0.25, 0.3) is 0 Å². The van der Waals surface area contributed by atoms with Gasteiger partial charge in [0.05, 0.1) is 10.7 Å². The summed E-state index contributed by atoms with van der Waals surface area (Å²) in [6.45, 7) is 4.40. The molecule has 0 aromatic heterocycles. The number of carbonyl (C=O) groups excluding carboxylic acids is 2. The summed E-state index contributed by atoms with van der Waals surface area (Å²) in [5.41, 5.74) is 2.10. The molecule has 2 amide bonds. The van der Waals surface area contributed by atoms with Gasteiger partial charge in [0.15, 0.2) is 5.11 Å². The average molecular weight is 496 g/mol. The van der Waals surface area contributed by atoms with E-state index in [1.807, 2.05) is 17.0 Å². The number of nitrogens with one attached hydrogen (secondary N) is 2. The summed E-state index contributed by atoms with van der Waals surface area (Å²) in [4.78, 5) is 27.7. The molecule has 1 aliphatic rings. The molecule has 0 atom stereocenters. The van der Waals surface area contributed by atoms with Gasteiger partial charge >= 0.3 is 0 Å². The fourth-order valence-electron chi connectivity index (χ4n) is 3.04. The van der Waals surface area contributed by atoms with Crippen LogP contribution in [-0.4, -0.2) is 48.0 Å². The summed E-state index contributed by atoms with van der Waals surface area (Å²) in [6, 6.07) is 12.5. The fourth-order valence-corrected chi connectivity index (χ4v) is 3.82. The standard InChI is InChI=1S/C20H20BrClN4O2S/c1-13(27)25-8-10-26(11-9-25)18-7-6-16(12-17(18)22)23-20(29)24-19(28)14-2-4-15(21)5-3-14/h2-7,12H,8-11H2,1H3,(H2,23,24,28,29). The number of hydrogen-bond acceptors (Lipinski definition) is 4. The molecule has 9 heteroatoms. The Morgan fingerprint density at radius 2 is 1.72 bits per heavy atom. The third-order valence-electron chi connectivity index (χ3n) is 4.60. The number of piperazine rings is 1. The zero-order valence-corrected chi connectivity index (χ0v) is 18.9. The molecule has 1 heterocycles. The van der Waals surface area contributed by atoms with Crippen LogP contribution in [-0.2, 0) is 4.79 Å². The van der Waals surface area contributed by atoms with Crippen molar-refractivity contribution in [1.29, 1.82) is 0 Å². The Hall–Kier alpha value is -2.16. The largest absolute Gasteiger partial charge is 0.367 e. The van der Waals surface area contributed by atoms with Gasteiger partial charge in [0.25, 0.3) is 5.91 Å². The molecule has 1 aliphatic heterocycles. The van der Waals surface area contributed by atoms with Crippen LogP contribution in [0.5, 0.6) is 0 Å². The van der Waals surface area contributed by atoms with Crippen molar-refractivity contribution < 1.29 is 9.59 Å². The maximum Gasteiger partial charge on any atom is 0.257 e. The highest BCUT2D eigenvalue weighted by Crippen LogP contribution is 2.29. The smallest absolute Gasteiger partial charge is 0.257 e. The van der Waals surface area contributed by atoms with Crippen molar-refractivity contribution in [1.82, 2.24) is 10.2 Å². The van der Waals surface area contributed by atoms with Crippen LogP contribution in [0.1, 0.15) is 17.3 Å². The molecule has 0 spiro atoms. The van der Waals surface area contributed by atoms with Gasteiger partial charge in [0.2, 0.25) is 5.91 Å². The topological polar surface area (TPSA) is 64.7 Å². The van der Waals surface area contributed by atoms with Gasteiger partial charge in [-0.1, -0.05) is 27.5 Å². The van der Waals surface area contributed by atoms with E-state index in [0.717, 1.165) is 23.2 Å². The first-order chi connectivity index (χ1) is 13.8. The third-order valence-corrected chi connectivity index (χ3v) is 5.64. The van der Waals surface area contributed by atoms with Gasteiger partial charge < -0.3 is 15.1 Å². The Labute approximate surface area is 188 Å². The van der Waals surface area contributed by atoms with Gasteiger partial charge in [-0.25, -0.2) is 0 Å². The Balaban J connectivity index is 1.58. The summed E-state index contributed by atoms with van der Waals surface area (Å²) < 4.78 is 0.896. The van der Waals surface area contributed by atoms with E-state index in [9.17, 15) is 9.59 Å². The van der Waals surface area contributed by atoms with Crippen LogP contribution in [0.3, 0.4) is 0 Å². The van der Waals surface area contributed by atoms with Crippen LogP contribution in [0.15, 0.2) is 46.9 Å². The summed E-state index contributed by atoms with van der Waals surface area (Å²) in [7, 11) is 0. The number of rotatable bonds is 3. The van der Waals surface area contributed by atoms with Crippen molar-refractivity contribution >= 4 is 68.1 Å². The van der Waals surface area contributed by atoms with Crippen LogP contribution < -0.4 is 15.5 Å². The third kappa shape index (κ3) is 5.68. The van der Waals surface area contributed by atoms with E-state index in [2.05, 4.69) is 31.5 Å².